The molecule has 0 unspecified atom stereocenters. The van der Waals surface area contributed by atoms with Crippen molar-refractivity contribution in [3.8, 4) is 11.1 Å². The number of aromatic nitrogens is 2. The zero-order chi connectivity index (χ0) is 20.0. The van der Waals surface area contributed by atoms with Gasteiger partial charge in [-0.3, -0.25) is 9.69 Å². The van der Waals surface area contributed by atoms with Gasteiger partial charge in [0.05, 0.1) is 6.20 Å². The van der Waals surface area contributed by atoms with E-state index in [2.05, 4.69) is 38.2 Å². The van der Waals surface area contributed by atoms with Crippen molar-refractivity contribution in [1.29, 1.82) is 0 Å². The van der Waals surface area contributed by atoms with Crippen molar-refractivity contribution in [1.82, 2.24) is 15.1 Å². The van der Waals surface area contributed by atoms with E-state index in [4.69, 9.17) is 5.73 Å². The van der Waals surface area contributed by atoms with Crippen molar-refractivity contribution in [3.05, 3.63) is 53.7 Å². The quantitative estimate of drug-likeness (QED) is 0.748. The number of rotatable bonds is 3. The van der Waals surface area contributed by atoms with Gasteiger partial charge in [0.25, 0.3) is 0 Å². The summed E-state index contributed by atoms with van der Waals surface area (Å²) in [5, 5.41) is 11.0. The Morgan fingerprint density at radius 3 is 2.90 bits per heavy atom. The lowest BCUT2D eigenvalue weighted by molar-refractivity contribution is 0.100. The Balaban J connectivity index is 1.53. The van der Waals surface area contributed by atoms with Crippen LogP contribution in [-0.4, -0.2) is 53.2 Å². The number of aryl methyl sites for hydroxylation is 1. The number of nitrogens with zero attached hydrogens (tertiary/aromatic N) is 4. The Morgan fingerprint density at radius 2 is 2.03 bits per heavy atom. The van der Waals surface area contributed by atoms with Crippen molar-refractivity contribution in [2.45, 2.75) is 25.8 Å². The van der Waals surface area contributed by atoms with Gasteiger partial charge in [-0.1, -0.05) is 12.1 Å². The molecule has 1 amide bonds. The van der Waals surface area contributed by atoms with E-state index in [0.29, 0.717) is 11.6 Å². The van der Waals surface area contributed by atoms with E-state index in [9.17, 15) is 4.79 Å². The normalized spacial score (nSPS) is 19.5. The minimum absolute atomic E-state index is 0.411. The second-order valence-corrected chi connectivity index (χ2v) is 8.14. The summed E-state index contributed by atoms with van der Waals surface area (Å²) in [7, 11) is 0. The molecule has 0 aliphatic carbocycles. The number of hydrogen-bond acceptors (Lipinski definition) is 5. The minimum atomic E-state index is -0.411. The first-order valence-corrected chi connectivity index (χ1v) is 10.3. The molecule has 2 fully saturated rings. The van der Waals surface area contributed by atoms with Crippen molar-refractivity contribution in [3.63, 3.8) is 0 Å². The number of carbonyl (C=O) groups excluding carboxylic acids is 1. The predicted molar refractivity (Wildman–Crippen MR) is 115 cm³/mol. The SMILES string of the molecule is Cc1ccc(C(N)=O)cc1-c1ccc2c(N3CCN4CCC[C@H]4C3)nncc2c1. The van der Waals surface area contributed by atoms with Crippen LogP contribution in [0.4, 0.5) is 5.82 Å². The summed E-state index contributed by atoms with van der Waals surface area (Å²) in [6.07, 6.45) is 4.39. The zero-order valence-corrected chi connectivity index (χ0v) is 16.6. The lowest BCUT2D eigenvalue weighted by Gasteiger charge is -2.38. The molecule has 1 atom stereocenters. The van der Waals surface area contributed by atoms with Gasteiger partial charge in [0.15, 0.2) is 5.82 Å². The third kappa shape index (κ3) is 3.23. The maximum absolute atomic E-state index is 11.6. The van der Waals surface area contributed by atoms with Crippen LogP contribution in [0.5, 0.6) is 0 Å². The average molecular weight is 387 g/mol. The number of anilines is 1. The summed E-state index contributed by atoms with van der Waals surface area (Å²) in [5.74, 6) is 0.564. The van der Waals surface area contributed by atoms with Crippen LogP contribution in [0.3, 0.4) is 0 Å². The van der Waals surface area contributed by atoms with E-state index in [1.54, 1.807) is 6.07 Å². The Morgan fingerprint density at radius 1 is 1.14 bits per heavy atom. The molecule has 6 heteroatoms. The molecule has 3 aromatic rings. The Bertz CT molecular complexity index is 1100. The second-order valence-electron chi connectivity index (χ2n) is 8.14. The summed E-state index contributed by atoms with van der Waals surface area (Å²) in [4.78, 5) is 16.6. The summed E-state index contributed by atoms with van der Waals surface area (Å²) in [6.45, 7) is 6.38. The molecule has 0 radical (unpaired) electrons. The standard InChI is InChI=1S/C23H25N5O/c1-15-4-5-17(22(24)29)12-21(15)16-6-7-20-18(11-16)13-25-26-23(20)28-10-9-27-8-2-3-19(27)14-28/h4-7,11-13,19H,2-3,8-10,14H2,1H3,(H2,24,29)/t19-/m0/s1. The van der Waals surface area contributed by atoms with E-state index in [1.807, 2.05) is 25.3 Å². The lowest BCUT2D eigenvalue weighted by Crippen LogP contribution is -2.50. The number of nitrogens with two attached hydrogens (primary N) is 1. The Labute approximate surface area is 170 Å². The summed E-state index contributed by atoms with van der Waals surface area (Å²) < 4.78 is 0. The highest BCUT2D eigenvalue weighted by Crippen LogP contribution is 2.32. The van der Waals surface area contributed by atoms with Crippen LogP contribution in [-0.2, 0) is 0 Å². The molecule has 0 saturated carbocycles. The molecule has 2 N–H and O–H groups in total. The van der Waals surface area contributed by atoms with Crippen LogP contribution in [0, 0.1) is 6.92 Å². The number of fused-ring (bicyclic) bond motifs is 2. The highest BCUT2D eigenvalue weighted by molar-refractivity contribution is 5.97. The number of piperazine rings is 1. The molecule has 5 rings (SSSR count). The van der Waals surface area contributed by atoms with Gasteiger partial charge in [0.1, 0.15) is 0 Å². The molecule has 148 valence electrons. The van der Waals surface area contributed by atoms with Crippen LogP contribution in [0.1, 0.15) is 28.8 Å². The van der Waals surface area contributed by atoms with Gasteiger partial charge in [-0.15, -0.1) is 5.10 Å². The van der Waals surface area contributed by atoms with Crippen LogP contribution in [0.25, 0.3) is 21.9 Å². The Kier molecular flexibility index (Phi) is 4.43. The van der Waals surface area contributed by atoms with Crippen molar-refractivity contribution in [2.75, 3.05) is 31.1 Å². The largest absolute Gasteiger partial charge is 0.366 e. The topological polar surface area (TPSA) is 75.4 Å². The number of carbonyl (C=O) groups is 1. The van der Waals surface area contributed by atoms with Crippen LogP contribution < -0.4 is 10.6 Å². The van der Waals surface area contributed by atoms with E-state index in [1.165, 1.54) is 19.4 Å². The second kappa shape index (κ2) is 7.12. The van der Waals surface area contributed by atoms with Gasteiger partial charge in [-0.05, 0) is 67.3 Å². The smallest absolute Gasteiger partial charge is 0.248 e. The predicted octanol–water partition coefficient (Wildman–Crippen LogP) is 2.99. The highest BCUT2D eigenvalue weighted by atomic mass is 16.1. The summed E-state index contributed by atoms with van der Waals surface area (Å²) >= 11 is 0. The van der Waals surface area contributed by atoms with Crippen LogP contribution >= 0.6 is 0 Å². The maximum atomic E-state index is 11.6. The summed E-state index contributed by atoms with van der Waals surface area (Å²) in [6, 6.07) is 12.6. The van der Waals surface area contributed by atoms with Gasteiger partial charge in [-0.2, -0.15) is 5.10 Å². The molecule has 2 aliphatic rings. The van der Waals surface area contributed by atoms with Crippen molar-refractivity contribution in [2.24, 2.45) is 5.73 Å². The average Bonchev–Trinajstić information content (AvgIpc) is 3.21. The van der Waals surface area contributed by atoms with E-state index in [0.717, 1.165) is 52.9 Å². The first-order chi connectivity index (χ1) is 14.1. The number of benzene rings is 2. The number of primary amides is 1. The maximum Gasteiger partial charge on any atom is 0.248 e. The molecule has 2 saturated heterocycles. The van der Waals surface area contributed by atoms with Gasteiger partial charge < -0.3 is 10.6 Å². The fourth-order valence-electron chi connectivity index (χ4n) is 4.74. The van der Waals surface area contributed by atoms with E-state index >= 15 is 0 Å². The molecule has 3 heterocycles. The first-order valence-electron chi connectivity index (χ1n) is 10.3. The monoisotopic (exact) mass is 387 g/mol. The molecule has 0 bridgehead atoms. The van der Waals surface area contributed by atoms with Gasteiger partial charge in [0.2, 0.25) is 5.91 Å². The van der Waals surface area contributed by atoms with Crippen molar-refractivity contribution >= 4 is 22.5 Å². The molecular weight excluding hydrogens is 362 g/mol. The van der Waals surface area contributed by atoms with E-state index in [-0.39, 0.29) is 0 Å². The van der Waals surface area contributed by atoms with Gasteiger partial charge in [0, 0.05) is 42.0 Å². The lowest BCUT2D eigenvalue weighted by atomic mass is 9.96. The Hall–Kier alpha value is -2.99. The highest BCUT2D eigenvalue weighted by Gasteiger charge is 2.31. The molecule has 6 nitrogen and oxygen atoms in total. The minimum Gasteiger partial charge on any atom is -0.366 e. The molecule has 2 aliphatic heterocycles. The number of amides is 1. The third-order valence-electron chi connectivity index (χ3n) is 6.36. The zero-order valence-electron chi connectivity index (χ0n) is 16.6. The van der Waals surface area contributed by atoms with Gasteiger partial charge >= 0.3 is 0 Å². The van der Waals surface area contributed by atoms with Crippen molar-refractivity contribution < 1.29 is 4.79 Å². The molecule has 29 heavy (non-hydrogen) atoms. The fraction of sp³-hybridized carbons (Fsp3) is 0.348. The molecular formula is C23H25N5O. The molecule has 0 spiro atoms. The van der Waals surface area contributed by atoms with Crippen LogP contribution in [0.2, 0.25) is 0 Å². The fourth-order valence-corrected chi connectivity index (χ4v) is 4.74. The van der Waals surface area contributed by atoms with Gasteiger partial charge in [-0.25, -0.2) is 0 Å². The third-order valence-corrected chi connectivity index (χ3v) is 6.36. The van der Waals surface area contributed by atoms with E-state index < -0.39 is 5.91 Å². The van der Waals surface area contributed by atoms with Crippen LogP contribution in [0.15, 0.2) is 42.6 Å². The number of hydrogen-bond donors (Lipinski definition) is 1. The summed E-state index contributed by atoms with van der Waals surface area (Å²) in [5.41, 5.74) is 9.17. The molecule has 1 aromatic heterocycles. The first kappa shape index (κ1) is 18.1. The molecule has 2 aromatic carbocycles.